The highest BCUT2D eigenvalue weighted by Gasteiger charge is 1.79. The van der Waals surface area contributed by atoms with Gasteiger partial charge in [-0.05, 0) is 30.0 Å². The maximum atomic E-state index is 5.15. The summed E-state index contributed by atoms with van der Waals surface area (Å²) in [5.74, 6) is 0. The summed E-state index contributed by atoms with van der Waals surface area (Å²) in [7, 11) is 0. The predicted molar refractivity (Wildman–Crippen MR) is 46.6 cm³/mol. The molecule has 0 radical (unpaired) electrons. The van der Waals surface area contributed by atoms with Crippen LogP contribution in [0.15, 0.2) is 42.9 Å². The van der Waals surface area contributed by atoms with Gasteiger partial charge in [-0.15, -0.1) is 0 Å². The first kappa shape index (κ1) is 7.54. The molecule has 1 aromatic heterocycles. The van der Waals surface area contributed by atoms with Gasteiger partial charge in [0.1, 0.15) is 0 Å². The summed E-state index contributed by atoms with van der Waals surface area (Å²) in [6, 6.07) is 3.86. The zero-order valence-corrected chi connectivity index (χ0v) is 6.14. The van der Waals surface area contributed by atoms with Crippen molar-refractivity contribution in [2.45, 2.75) is 0 Å². The van der Waals surface area contributed by atoms with E-state index in [2.05, 4.69) is 4.98 Å². The van der Waals surface area contributed by atoms with E-state index in [1.165, 1.54) is 6.20 Å². The van der Waals surface area contributed by atoms with Gasteiger partial charge in [0, 0.05) is 12.4 Å². The summed E-state index contributed by atoms with van der Waals surface area (Å²) in [5, 5.41) is 0. The van der Waals surface area contributed by atoms with Gasteiger partial charge >= 0.3 is 0 Å². The molecule has 0 fully saturated rings. The van der Waals surface area contributed by atoms with Gasteiger partial charge < -0.3 is 5.73 Å². The normalized spacial score (nSPS) is 11.3. The number of hydrogen-bond donors (Lipinski definition) is 1. The fraction of sp³-hybridized carbons (Fsp3) is 0. The highest BCUT2D eigenvalue weighted by atomic mass is 14.6. The molecule has 0 aliphatic rings. The van der Waals surface area contributed by atoms with Crippen LogP contribution in [0.4, 0.5) is 0 Å². The molecule has 11 heavy (non-hydrogen) atoms. The molecule has 0 unspecified atom stereocenters. The molecule has 0 amide bonds. The van der Waals surface area contributed by atoms with Gasteiger partial charge in [0.15, 0.2) is 0 Å². The van der Waals surface area contributed by atoms with Crippen LogP contribution in [0.3, 0.4) is 0 Å². The van der Waals surface area contributed by atoms with E-state index < -0.39 is 0 Å². The summed E-state index contributed by atoms with van der Waals surface area (Å²) in [4.78, 5) is 3.90. The van der Waals surface area contributed by atoms with E-state index in [0.717, 1.165) is 5.56 Å². The van der Waals surface area contributed by atoms with Crippen LogP contribution >= 0.6 is 0 Å². The molecule has 0 aromatic carbocycles. The van der Waals surface area contributed by atoms with Crippen LogP contribution in [0.1, 0.15) is 5.56 Å². The number of nitrogens with zero attached hydrogens (tertiary/aromatic N) is 1. The molecule has 2 nitrogen and oxygen atoms in total. The minimum Gasteiger partial charge on any atom is -0.405 e. The number of allylic oxidation sites excluding steroid dienone is 2. The van der Waals surface area contributed by atoms with Gasteiger partial charge in [-0.25, -0.2) is 0 Å². The summed E-state index contributed by atoms with van der Waals surface area (Å²) in [6.07, 6.45) is 10.6. The lowest BCUT2D eigenvalue weighted by Crippen LogP contribution is -1.73. The summed E-state index contributed by atoms with van der Waals surface area (Å²) < 4.78 is 0. The first-order valence-corrected chi connectivity index (χ1v) is 3.38. The molecule has 0 bridgehead atoms. The van der Waals surface area contributed by atoms with Crippen molar-refractivity contribution < 1.29 is 0 Å². The first-order valence-electron chi connectivity index (χ1n) is 3.38. The van der Waals surface area contributed by atoms with Crippen LogP contribution in [-0.4, -0.2) is 4.98 Å². The van der Waals surface area contributed by atoms with Crippen molar-refractivity contribution >= 4 is 6.08 Å². The Labute approximate surface area is 66.1 Å². The van der Waals surface area contributed by atoms with Gasteiger partial charge in [-0.2, -0.15) is 0 Å². The lowest BCUT2D eigenvalue weighted by Gasteiger charge is -1.87. The number of nitrogens with two attached hydrogens (primary N) is 1. The largest absolute Gasteiger partial charge is 0.405 e. The Balaban J connectivity index is 2.64. The first-order chi connectivity index (χ1) is 5.43. The topological polar surface area (TPSA) is 38.9 Å². The minimum absolute atomic E-state index is 1.12. The summed E-state index contributed by atoms with van der Waals surface area (Å²) in [5.41, 5.74) is 6.27. The molecular formula is C9H10N2. The van der Waals surface area contributed by atoms with Crippen molar-refractivity contribution in [3.63, 3.8) is 0 Å². The van der Waals surface area contributed by atoms with Crippen molar-refractivity contribution in [3.8, 4) is 0 Å². The Morgan fingerprint density at radius 3 is 2.55 bits per heavy atom. The molecule has 1 rings (SSSR count). The van der Waals surface area contributed by atoms with Gasteiger partial charge in [-0.3, -0.25) is 4.98 Å². The number of rotatable bonds is 2. The second-order valence-electron chi connectivity index (χ2n) is 2.02. The van der Waals surface area contributed by atoms with E-state index in [4.69, 9.17) is 5.73 Å². The van der Waals surface area contributed by atoms with Crippen LogP contribution in [0.5, 0.6) is 0 Å². The van der Waals surface area contributed by atoms with E-state index in [9.17, 15) is 0 Å². The highest BCUT2D eigenvalue weighted by Crippen LogP contribution is 1.98. The van der Waals surface area contributed by atoms with E-state index in [0.29, 0.717) is 0 Å². The van der Waals surface area contributed by atoms with Gasteiger partial charge in [0.05, 0.1) is 0 Å². The average Bonchev–Trinajstić information content (AvgIpc) is 2.07. The van der Waals surface area contributed by atoms with Crippen molar-refractivity contribution in [3.05, 3.63) is 48.4 Å². The third kappa shape index (κ3) is 2.67. The van der Waals surface area contributed by atoms with Crippen molar-refractivity contribution in [1.29, 1.82) is 0 Å². The van der Waals surface area contributed by atoms with Gasteiger partial charge in [0.25, 0.3) is 0 Å². The molecule has 1 heterocycles. The molecule has 0 saturated heterocycles. The monoisotopic (exact) mass is 146 g/mol. The quantitative estimate of drug-likeness (QED) is 0.643. The highest BCUT2D eigenvalue weighted by molar-refractivity contribution is 5.49. The number of hydrogen-bond acceptors (Lipinski definition) is 2. The van der Waals surface area contributed by atoms with Crippen molar-refractivity contribution in [2.24, 2.45) is 5.73 Å². The van der Waals surface area contributed by atoms with Gasteiger partial charge in [0.2, 0.25) is 0 Å². The van der Waals surface area contributed by atoms with E-state index in [1.807, 2.05) is 24.3 Å². The molecule has 0 aliphatic carbocycles. The lowest BCUT2D eigenvalue weighted by molar-refractivity contribution is 1.32. The maximum Gasteiger partial charge on any atom is 0.0273 e. The molecule has 0 spiro atoms. The second-order valence-corrected chi connectivity index (χ2v) is 2.02. The Morgan fingerprint density at radius 1 is 1.18 bits per heavy atom. The molecule has 2 N–H and O–H groups in total. The fourth-order valence-electron chi connectivity index (χ4n) is 0.705. The summed E-state index contributed by atoms with van der Waals surface area (Å²) in [6.45, 7) is 0. The average molecular weight is 146 g/mol. The van der Waals surface area contributed by atoms with Crippen LogP contribution in [0, 0.1) is 0 Å². The van der Waals surface area contributed by atoms with E-state index in [-0.39, 0.29) is 0 Å². The van der Waals surface area contributed by atoms with Crippen molar-refractivity contribution in [2.75, 3.05) is 0 Å². The second kappa shape index (κ2) is 4.28. The molecule has 56 valence electrons. The fourth-order valence-corrected chi connectivity index (χ4v) is 0.705. The molecule has 2 heteroatoms. The van der Waals surface area contributed by atoms with Crippen molar-refractivity contribution in [1.82, 2.24) is 4.98 Å². The summed E-state index contributed by atoms with van der Waals surface area (Å²) >= 11 is 0. The zero-order chi connectivity index (χ0) is 7.94. The minimum atomic E-state index is 1.12. The molecule has 0 atom stereocenters. The maximum absolute atomic E-state index is 5.15. The molecule has 0 saturated carbocycles. The number of aromatic nitrogens is 1. The molecule has 1 aromatic rings. The van der Waals surface area contributed by atoms with Crippen LogP contribution in [-0.2, 0) is 0 Å². The smallest absolute Gasteiger partial charge is 0.0273 e. The zero-order valence-electron chi connectivity index (χ0n) is 6.14. The van der Waals surface area contributed by atoms with Gasteiger partial charge in [-0.1, -0.05) is 12.2 Å². The Kier molecular flexibility index (Phi) is 2.93. The molecular weight excluding hydrogens is 136 g/mol. The van der Waals surface area contributed by atoms with E-state index in [1.54, 1.807) is 18.5 Å². The lowest BCUT2D eigenvalue weighted by atomic mass is 10.2. The van der Waals surface area contributed by atoms with E-state index >= 15 is 0 Å². The van der Waals surface area contributed by atoms with Crippen LogP contribution < -0.4 is 5.73 Å². The predicted octanol–water partition coefficient (Wildman–Crippen LogP) is 1.57. The third-order valence-electron chi connectivity index (χ3n) is 1.22. The van der Waals surface area contributed by atoms with Crippen LogP contribution in [0.2, 0.25) is 0 Å². The molecule has 0 aliphatic heterocycles. The standard InChI is InChI=1S/C9H10N2/c10-6-2-1-3-9-4-7-11-8-5-9/h1-8H,10H2/b3-1-,6-2-. The Hall–Kier alpha value is -1.57. The third-order valence-corrected chi connectivity index (χ3v) is 1.22. The SMILES string of the molecule is N/C=C\C=C/c1ccncc1. The Bertz CT molecular complexity index is 250. The van der Waals surface area contributed by atoms with Crippen LogP contribution in [0.25, 0.3) is 6.08 Å². The number of pyridine rings is 1. The Morgan fingerprint density at radius 2 is 1.91 bits per heavy atom.